The van der Waals surface area contributed by atoms with Crippen LogP contribution in [-0.4, -0.2) is 24.0 Å². The summed E-state index contributed by atoms with van der Waals surface area (Å²) in [5.74, 6) is -0.0730. The summed E-state index contributed by atoms with van der Waals surface area (Å²) >= 11 is 7.32. The molecule has 0 saturated heterocycles. The van der Waals surface area contributed by atoms with E-state index in [1.807, 2.05) is 38.1 Å². The van der Waals surface area contributed by atoms with Crippen LogP contribution in [0.4, 0.5) is 5.13 Å². The van der Waals surface area contributed by atoms with Gasteiger partial charge in [0.25, 0.3) is 5.91 Å². The molecule has 6 heteroatoms. The highest BCUT2D eigenvalue weighted by molar-refractivity contribution is 7.17. The molecule has 0 radical (unpaired) electrons. The maximum Gasteiger partial charge on any atom is 0.263 e. The first kappa shape index (κ1) is 15.8. The molecule has 0 spiro atoms. The molecule has 0 saturated carbocycles. The molecule has 0 bridgehead atoms. The highest BCUT2D eigenvalue weighted by Gasteiger charge is 2.14. The first-order valence-corrected chi connectivity index (χ1v) is 8.03. The molecule has 2 N–H and O–H groups in total. The summed E-state index contributed by atoms with van der Waals surface area (Å²) in [5, 5.41) is 7.55. The second-order valence-electron chi connectivity index (χ2n) is 4.60. The molecule has 4 nitrogen and oxygen atoms in total. The van der Waals surface area contributed by atoms with E-state index in [0.717, 1.165) is 29.4 Å². The number of carbonyl (C=O) groups excluding carboxylic acids is 1. The first-order chi connectivity index (χ1) is 10.1. The smallest absolute Gasteiger partial charge is 0.263 e. The Morgan fingerprint density at radius 3 is 2.95 bits per heavy atom. The van der Waals surface area contributed by atoms with Gasteiger partial charge in [0.05, 0.1) is 5.69 Å². The van der Waals surface area contributed by atoms with Gasteiger partial charge in [-0.2, -0.15) is 0 Å². The number of hydrogen-bond acceptors (Lipinski definition) is 4. The molecule has 0 aliphatic carbocycles. The van der Waals surface area contributed by atoms with E-state index >= 15 is 0 Å². The van der Waals surface area contributed by atoms with E-state index in [0.29, 0.717) is 16.4 Å². The predicted molar refractivity (Wildman–Crippen MR) is 88.5 cm³/mol. The maximum absolute atomic E-state index is 12.1. The second-order valence-corrected chi connectivity index (χ2v) is 6.04. The van der Waals surface area contributed by atoms with Gasteiger partial charge in [0.15, 0.2) is 5.13 Å². The Morgan fingerprint density at radius 1 is 1.43 bits per heavy atom. The Labute approximate surface area is 133 Å². The molecule has 0 aliphatic rings. The number of thiazole rings is 1. The predicted octanol–water partition coefficient (Wildman–Crippen LogP) is 3.51. The van der Waals surface area contributed by atoms with Gasteiger partial charge in [-0.25, -0.2) is 4.98 Å². The van der Waals surface area contributed by atoms with Gasteiger partial charge in [-0.05, 0) is 38.0 Å². The van der Waals surface area contributed by atoms with E-state index in [9.17, 15) is 4.79 Å². The second kappa shape index (κ2) is 7.43. The van der Waals surface area contributed by atoms with Gasteiger partial charge >= 0.3 is 0 Å². The largest absolute Gasteiger partial charge is 0.362 e. The maximum atomic E-state index is 12.1. The van der Waals surface area contributed by atoms with Crippen LogP contribution in [-0.2, 0) is 6.42 Å². The molecule has 0 aliphatic heterocycles. The van der Waals surface area contributed by atoms with E-state index in [1.54, 1.807) is 0 Å². The molecule has 21 heavy (non-hydrogen) atoms. The monoisotopic (exact) mass is 323 g/mol. The van der Waals surface area contributed by atoms with Crippen LogP contribution < -0.4 is 10.6 Å². The average Bonchev–Trinajstić information content (AvgIpc) is 2.80. The van der Waals surface area contributed by atoms with Crippen molar-refractivity contribution in [2.24, 2.45) is 0 Å². The number of hydrogen-bond donors (Lipinski definition) is 2. The number of carbonyl (C=O) groups is 1. The van der Waals surface area contributed by atoms with Gasteiger partial charge in [-0.3, -0.25) is 4.79 Å². The lowest BCUT2D eigenvalue weighted by Gasteiger charge is -2.04. The van der Waals surface area contributed by atoms with E-state index in [2.05, 4.69) is 15.6 Å². The number of benzene rings is 1. The summed E-state index contributed by atoms with van der Waals surface area (Å²) in [6, 6.07) is 7.66. The highest BCUT2D eigenvalue weighted by atomic mass is 35.5. The molecule has 2 rings (SSSR count). The number of halogens is 1. The summed E-state index contributed by atoms with van der Waals surface area (Å²) in [6.07, 6.45) is 0.754. The molecular weight excluding hydrogens is 306 g/mol. The third-order valence-electron chi connectivity index (χ3n) is 2.92. The molecule has 0 fully saturated rings. The van der Waals surface area contributed by atoms with Crippen molar-refractivity contribution in [1.82, 2.24) is 10.3 Å². The van der Waals surface area contributed by atoms with E-state index in [1.165, 1.54) is 11.3 Å². The molecule has 112 valence electrons. The van der Waals surface area contributed by atoms with Gasteiger partial charge < -0.3 is 10.6 Å². The van der Waals surface area contributed by atoms with Crippen molar-refractivity contribution in [2.75, 3.05) is 18.4 Å². The zero-order chi connectivity index (χ0) is 15.2. The quantitative estimate of drug-likeness (QED) is 0.855. The molecular formula is C15H18ClN3OS. The average molecular weight is 324 g/mol. The number of amides is 1. The number of aromatic nitrogens is 1. The van der Waals surface area contributed by atoms with Gasteiger partial charge in [0.1, 0.15) is 4.88 Å². The van der Waals surface area contributed by atoms with Gasteiger partial charge in [-0.1, -0.05) is 35.1 Å². The minimum Gasteiger partial charge on any atom is -0.362 e. The Kier molecular flexibility index (Phi) is 5.59. The van der Waals surface area contributed by atoms with Crippen LogP contribution in [0.25, 0.3) is 0 Å². The molecule has 1 aromatic carbocycles. The topological polar surface area (TPSA) is 54.0 Å². The van der Waals surface area contributed by atoms with Crippen LogP contribution in [0.1, 0.15) is 27.9 Å². The minimum absolute atomic E-state index is 0.0730. The number of anilines is 1. The zero-order valence-corrected chi connectivity index (χ0v) is 13.6. The zero-order valence-electron chi connectivity index (χ0n) is 12.1. The molecule has 0 atom stereocenters. The third kappa shape index (κ3) is 4.44. The van der Waals surface area contributed by atoms with Crippen LogP contribution >= 0.6 is 22.9 Å². The minimum atomic E-state index is -0.0730. The van der Waals surface area contributed by atoms with Gasteiger partial charge in [0, 0.05) is 18.1 Å². The van der Waals surface area contributed by atoms with Crippen LogP contribution in [0, 0.1) is 6.92 Å². The van der Waals surface area contributed by atoms with Crippen molar-refractivity contribution < 1.29 is 4.79 Å². The van der Waals surface area contributed by atoms with Crippen LogP contribution in [0.2, 0.25) is 5.02 Å². The number of nitrogens with zero attached hydrogens (tertiary/aromatic N) is 1. The summed E-state index contributed by atoms with van der Waals surface area (Å²) in [6.45, 7) is 5.22. The molecule has 1 amide bonds. The number of aryl methyl sites for hydroxylation is 1. The molecule has 0 unspecified atom stereocenters. The van der Waals surface area contributed by atoms with E-state index < -0.39 is 0 Å². The third-order valence-corrected chi connectivity index (χ3v) is 4.27. The first-order valence-electron chi connectivity index (χ1n) is 6.84. The Hall–Kier alpha value is -1.59. The van der Waals surface area contributed by atoms with E-state index in [-0.39, 0.29) is 5.91 Å². The van der Waals surface area contributed by atoms with Crippen molar-refractivity contribution in [3.05, 3.63) is 45.4 Å². The Bertz CT molecular complexity index is 627. The van der Waals surface area contributed by atoms with Crippen molar-refractivity contribution in [1.29, 1.82) is 0 Å². The summed E-state index contributed by atoms with van der Waals surface area (Å²) in [4.78, 5) is 17.1. The fourth-order valence-corrected chi connectivity index (χ4v) is 3.09. The standard InChI is InChI=1S/C15H18ClN3OS/c1-3-17-15-19-10(2)13(21-15)14(20)18-8-7-11-5-4-6-12(16)9-11/h4-6,9H,3,7-8H2,1-2H3,(H,17,19)(H,18,20). The van der Waals surface area contributed by atoms with Crippen molar-refractivity contribution >= 4 is 34.0 Å². The lowest BCUT2D eigenvalue weighted by molar-refractivity contribution is 0.0957. The summed E-state index contributed by atoms with van der Waals surface area (Å²) in [7, 11) is 0. The lowest BCUT2D eigenvalue weighted by atomic mass is 10.1. The number of rotatable bonds is 6. The lowest BCUT2D eigenvalue weighted by Crippen LogP contribution is -2.25. The van der Waals surface area contributed by atoms with E-state index in [4.69, 9.17) is 11.6 Å². The van der Waals surface area contributed by atoms with Crippen LogP contribution in [0.5, 0.6) is 0 Å². The van der Waals surface area contributed by atoms with Crippen LogP contribution in [0.3, 0.4) is 0 Å². The summed E-state index contributed by atoms with van der Waals surface area (Å²) in [5.41, 5.74) is 1.87. The van der Waals surface area contributed by atoms with Crippen molar-refractivity contribution in [3.63, 3.8) is 0 Å². The van der Waals surface area contributed by atoms with Crippen molar-refractivity contribution in [2.45, 2.75) is 20.3 Å². The van der Waals surface area contributed by atoms with Gasteiger partial charge in [-0.15, -0.1) is 0 Å². The van der Waals surface area contributed by atoms with Gasteiger partial charge in [0.2, 0.25) is 0 Å². The van der Waals surface area contributed by atoms with Crippen LogP contribution in [0.15, 0.2) is 24.3 Å². The fraction of sp³-hybridized carbons (Fsp3) is 0.333. The highest BCUT2D eigenvalue weighted by Crippen LogP contribution is 2.22. The summed E-state index contributed by atoms with van der Waals surface area (Å²) < 4.78 is 0. The van der Waals surface area contributed by atoms with Crippen molar-refractivity contribution in [3.8, 4) is 0 Å². The number of nitrogens with one attached hydrogen (secondary N) is 2. The fourth-order valence-electron chi connectivity index (χ4n) is 1.93. The molecule has 2 aromatic rings. The Balaban J connectivity index is 1.90. The molecule has 1 aromatic heterocycles. The normalized spacial score (nSPS) is 10.4. The SMILES string of the molecule is CCNc1nc(C)c(C(=O)NCCc2cccc(Cl)c2)s1. The Morgan fingerprint density at radius 2 is 2.24 bits per heavy atom. The molecule has 1 heterocycles.